The van der Waals surface area contributed by atoms with Crippen molar-refractivity contribution in [2.24, 2.45) is 0 Å². The highest BCUT2D eigenvalue weighted by atomic mass is 35.5. The average molecular weight is 457 g/mol. The summed E-state index contributed by atoms with van der Waals surface area (Å²) in [5, 5.41) is 14.4. The molecule has 0 aliphatic carbocycles. The van der Waals surface area contributed by atoms with Gasteiger partial charge >= 0.3 is 0 Å². The number of aryl methyl sites for hydroxylation is 1. The normalized spacial score (nSPS) is 11.6. The van der Waals surface area contributed by atoms with Gasteiger partial charge in [-0.3, -0.25) is 0 Å². The highest BCUT2D eigenvalue weighted by Crippen LogP contribution is 2.32. The molecule has 0 spiro atoms. The number of hydrogen-bond donors (Lipinski definition) is 0. The summed E-state index contributed by atoms with van der Waals surface area (Å²) in [5.41, 5.74) is 4.59. The Morgan fingerprint density at radius 3 is 2.62 bits per heavy atom. The number of nitriles is 1. The lowest BCUT2D eigenvalue weighted by molar-refractivity contribution is 1.36. The Morgan fingerprint density at radius 1 is 1.03 bits per heavy atom. The van der Waals surface area contributed by atoms with Crippen LogP contribution < -0.4 is 0 Å². The zero-order chi connectivity index (χ0) is 20.5. The van der Waals surface area contributed by atoms with Gasteiger partial charge in [0.15, 0.2) is 0 Å². The molecule has 2 aromatic heterocycles. The molecule has 142 valence electrons. The maximum absolute atomic E-state index is 9.70. The lowest BCUT2D eigenvalue weighted by Crippen LogP contribution is -1.88. The van der Waals surface area contributed by atoms with Gasteiger partial charge in [0.05, 0.1) is 26.8 Å². The maximum Gasteiger partial charge on any atom is 0.137 e. The van der Waals surface area contributed by atoms with Crippen LogP contribution in [0, 0.1) is 18.3 Å². The van der Waals surface area contributed by atoms with E-state index in [1.54, 1.807) is 18.2 Å². The number of hydrogen-bond acceptors (Lipinski definition) is 4. The van der Waals surface area contributed by atoms with Crippen LogP contribution in [0.25, 0.3) is 33.8 Å². The molecule has 4 rings (SSSR count). The molecule has 2 heterocycles. The average Bonchev–Trinajstić information content (AvgIpc) is 3.18. The molecule has 3 nitrogen and oxygen atoms in total. The molecular weight excluding hydrogens is 445 g/mol. The van der Waals surface area contributed by atoms with Crippen LogP contribution in [0.5, 0.6) is 0 Å². The van der Waals surface area contributed by atoms with Crippen molar-refractivity contribution in [1.29, 1.82) is 5.26 Å². The van der Waals surface area contributed by atoms with Gasteiger partial charge in [0.1, 0.15) is 16.2 Å². The van der Waals surface area contributed by atoms with Crippen LogP contribution in [-0.4, -0.2) is 9.97 Å². The maximum atomic E-state index is 9.70. The molecule has 4 aromatic rings. The summed E-state index contributed by atoms with van der Waals surface area (Å²) in [6.45, 7) is 2.02. The number of allylic oxidation sites excluding steroid dienone is 1. The number of fused-ring (bicyclic) bond motifs is 1. The molecule has 0 fully saturated rings. The zero-order valence-electron chi connectivity index (χ0n) is 15.1. The van der Waals surface area contributed by atoms with Crippen molar-refractivity contribution in [1.82, 2.24) is 9.97 Å². The van der Waals surface area contributed by atoms with Crippen LogP contribution in [0.1, 0.15) is 16.1 Å². The molecule has 29 heavy (non-hydrogen) atoms. The molecule has 7 heteroatoms. The predicted octanol–water partition coefficient (Wildman–Crippen LogP) is 7.69. The molecule has 0 saturated carbocycles. The molecular formula is C22H12Cl3N3S. The summed E-state index contributed by atoms with van der Waals surface area (Å²) >= 11 is 19.8. The van der Waals surface area contributed by atoms with E-state index in [4.69, 9.17) is 34.8 Å². The topological polar surface area (TPSA) is 49.6 Å². The number of halogens is 3. The predicted molar refractivity (Wildman–Crippen MR) is 123 cm³/mol. The fourth-order valence-electron chi connectivity index (χ4n) is 2.87. The number of benzene rings is 2. The molecule has 0 saturated heterocycles. The number of pyridine rings is 1. The molecule has 0 radical (unpaired) electrons. The third kappa shape index (κ3) is 4.14. The van der Waals surface area contributed by atoms with Gasteiger partial charge in [0.25, 0.3) is 0 Å². The van der Waals surface area contributed by atoms with Crippen LogP contribution >= 0.6 is 46.1 Å². The SMILES string of the molecule is Cc1ccc2nc(Cl)c(/C=C(\C#N)c3nc(-c4ccc(Cl)c(Cl)c4)cs3)cc2c1. The summed E-state index contributed by atoms with van der Waals surface area (Å²) in [6.07, 6.45) is 1.72. The van der Waals surface area contributed by atoms with Gasteiger partial charge in [-0.2, -0.15) is 5.26 Å². The van der Waals surface area contributed by atoms with Crippen molar-refractivity contribution < 1.29 is 0 Å². The second kappa shape index (κ2) is 8.14. The summed E-state index contributed by atoms with van der Waals surface area (Å²) in [4.78, 5) is 9.02. The Morgan fingerprint density at radius 2 is 1.86 bits per heavy atom. The van der Waals surface area contributed by atoms with Gasteiger partial charge in [0, 0.05) is 21.9 Å². The van der Waals surface area contributed by atoms with Gasteiger partial charge in [-0.25, -0.2) is 9.97 Å². The first kappa shape index (κ1) is 19.9. The van der Waals surface area contributed by atoms with Gasteiger partial charge in [0.2, 0.25) is 0 Å². The molecule has 2 aromatic carbocycles. The molecule has 0 bridgehead atoms. The number of nitrogens with zero attached hydrogens (tertiary/aromatic N) is 3. The molecule has 0 N–H and O–H groups in total. The Hall–Kier alpha value is -2.42. The summed E-state index contributed by atoms with van der Waals surface area (Å²) < 4.78 is 0. The largest absolute Gasteiger partial charge is 0.235 e. The summed E-state index contributed by atoms with van der Waals surface area (Å²) in [6, 6.07) is 15.4. The fraction of sp³-hybridized carbons (Fsp3) is 0.0455. The molecule has 0 aliphatic rings. The van der Waals surface area contributed by atoms with Crippen molar-refractivity contribution in [2.45, 2.75) is 6.92 Å². The van der Waals surface area contributed by atoms with E-state index in [0.717, 1.165) is 27.7 Å². The minimum Gasteiger partial charge on any atom is -0.235 e. The lowest BCUT2D eigenvalue weighted by atomic mass is 10.1. The van der Waals surface area contributed by atoms with Gasteiger partial charge in [-0.05, 0) is 43.3 Å². The Bertz CT molecular complexity index is 1320. The van der Waals surface area contributed by atoms with Gasteiger partial charge < -0.3 is 0 Å². The van der Waals surface area contributed by atoms with Gasteiger partial charge in [-0.1, -0.05) is 52.5 Å². The van der Waals surface area contributed by atoms with Crippen molar-refractivity contribution in [3.8, 4) is 17.3 Å². The van der Waals surface area contributed by atoms with Crippen LogP contribution in [0.3, 0.4) is 0 Å². The minimum absolute atomic E-state index is 0.343. The monoisotopic (exact) mass is 455 g/mol. The quantitative estimate of drug-likeness (QED) is 0.234. The van der Waals surface area contributed by atoms with E-state index in [-0.39, 0.29) is 0 Å². The number of rotatable bonds is 3. The zero-order valence-corrected chi connectivity index (χ0v) is 18.2. The first-order chi connectivity index (χ1) is 13.9. The van der Waals surface area contributed by atoms with E-state index in [9.17, 15) is 5.26 Å². The smallest absolute Gasteiger partial charge is 0.137 e. The van der Waals surface area contributed by atoms with E-state index in [2.05, 4.69) is 16.0 Å². The van der Waals surface area contributed by atoms with Crippen LogP contribution in [-0.2, 0) is 0 Å². The second-order valence-electron chi connectivity index (χ2n) is 6.40. The lowest BCUT2D eigenvalue weighted by Gasteiger charge is -2.04. The molecule has 0 unspecified atom stereocenters. The minimum atomic E-state index is 0.343. The first-order valence-electron chi connectivity index (χ1n) is 8.54. The first-order valence-corrected chi connectivity index (χ1v) is 10.6. The van der Waals surface area contributed by atoms with Gasteiger partial charge in [-0.15, -0.1) is 11.3 Å². The van der Waals surface area contributed by atoms with Crippen LogP contribution in [0.4, 0.5) is 0 Å². The Labute approximate surface area is 186 Å². The summed E-state index contributed by atoms with van der Waals surface area (Å²) in [5.74, 6) is 0. The standard InChI is InChI=1S/C22H12Cl3N3S/c1-12-2-5-19-14(6-12)7-15(21(25)27-19)8-16(10-26)22-28-20(11-29-22)13-3-4-17(23)18(24)9-13/h2-9,11H,1H3/b16-8+. The third-order valence-electron chi connectivity index (χ3n) is 4.32. The van der Waals surface area contributed by atoms with E-state index >= 15 is 0 Å². The van der Waals surface area contributed by atoms with E-state index in [1.165, 1.54) is 11.3 Å². The highest BCUT2D eigenvalue weighted by molar-refractivity contribution is 7.11. The number of thiazole rings is 1. The van der Waals surface area contributed by atoms with E-state index < -0.39 is 0 Å². The van der Waals surface area contributed by atoms with E-state index in [0.29, 0.717) is 31.3 Å². The fourth-order valence-corrected chi connectivity index (χ4v) is 4.17. The Balaban J connectivity index is 1.74. The van der Waals surface area contributed by atoms with Crippen molar-refractivity contribution in [3.05, 3.63) is 79.2 Å². The Kier molecular flexibility index (Phi) is 5.58. The van der Waals surface area contributed by atoms with E-state index in [1.807, 2.05) is 42.6 Å². The van der Waals surface area contributed by atoms with Crippen molar-refractivity contribution in [3.63, 3.8) is 0 Å². The number of aromatic nitrogens is 2. The third-order valence-corrected chi connectivity index (χ3v) is 6.24. The van der Waals surface area contributed by atoms with Crippen molar-refractivity contribution in [2.75, 3.05) is 0 Å². The van der Waals surface area contributed by atoms with Crippen molar-refractivity contribution >= 4 is 68.7 Å². The second-order valence-corrected chi connectivity index (χ2v) is 8.43. The van der Waals surface area contributed by atoms with Crippen LogP contribution in [0.15, 0.2) is 47.8 Å². The molecule has 0 aliphatic heterocycles. The van der Waals surface area contributed by atoms with Crippen LogP contribution in [0.2, 0.25) is 15.2 Å². The highest BCUT2D eigenvalue weighted by Gasteiger charge is 2.12. The summed E-state index contributed by atoms with van der Waals surface area (Å²) in [7, 11) is 0. The molecule has 0 amide bonds. The molecule has 0 atom stereocenters.